The summed E-state index contributed by atoms with van der Waals surface area (Å²) in [5.41, 5.74) is 2.21. The Labute approximate surface area is 228 Å². The van der Waals surface area contributed by atoms with E-state index in [0.29, 0.717) is 23.6 Å². The zero-order valence-electron chi connectivity index (χ0n) is 21.7. The molecule has 9 nitrogen and oxygen atoms in total. The first-order valence-corrected chi connectivity index (χ1v) is 14.3. The minimum Gasteiger partial charge on any atom is -0.497 e. The lowest BCUT2D eigenvalue weighted by atomic mass is 9.84. The molecule has 0 saturated carbocycles. The predicted octanol–water partition coefficient (Wildman–Crippen LogP) is 3.76. The molecule has 3 aromatic rings. The zero-order chi connectivity index (χ0) is 27.6. The Morgan fingerprint density at radius 3 is 2.64 bits per heavy atom. The second-order valence-electron chi connectivity index (χ2n) is 9.84. The Kier molecular flexibility index (Phi) is 7.79. The molecule has 0 radical (unpaired) electrons. The van der Waals surface area contributed by atoms with Crippen molar-refractivity contribution in [1.82, 2.24) is 5.32 Å². The summed E-state index contributed by atoms with van der Waals surface area (Å²) in [5.74, 6) is 0.731. The van der Waals surface area contributed by atoms with Crippen LogP contribution in [0.4, 0.5) is 5.69 Å². The van der Waals surface area contributed by atoms with Gasteiger partial charge in [-0.1, -0.05) is 36.4 Å². The zero-order valence-corrected chi connectivity index (χ0v) is 22.6. The van der Waals surface area contributed by atoms with Crippen molar-refractivity contribution in [2.75, 3.05) is 18.4 Å². The molecule has 2 aliphatic rings. The van der Waals surface area contributed by atoms with E-state index in [9.17, 15) is 18.3 Å². The molecule has 3 N–H and O–H groups in total. The van der Waals surface area contributed by atoms with Crippen LogP contribution in [0.2, 0.25) is 0 Å². The van der Waals surface area contributed by atoms with Gasteiger partial charge in [-0.2, -0.15) is 0 Å². The fraction of sp³-hybridized carbons (Fsp3) is 0.345. The monoisotopic (exact) mass is 552 g/mol. The molecule has 0 bridgehead atoms. The smallest absolute Gasteiger partial charge is 0.262 e. The molecule has 2 aliphatic heterocycles. The van der Waals surface area contributed by atoms with Crippen LogP contribution in [0.25, 0.3) is 0 Å². The van der Waals surface area contributed by atoms with Crippen molar-refractivity contribution in [3.05, 3.63) is 83.9 Å². The second kappa shape index (κ2) is 11.3. The highest BCUT2D eigenvalue weighted by molar-refractivity contribution is 7.92. The summed E-state index contributed by atoms with van der Waals surface area (Å²) >= 11 is 0. The molecule has 0 unspecified atom stereocenters. The van der Waals surface area contributed by atoms with E-state index in [0.717, 1.165) is 11.1 Å². The van der Waals surface area contributed by atoms with Gasteiger partial charge >= 0.3 is 0 Å². The van der Waals surface area contributed by atoms with Gasteiger partial charge in [-0.05, 0) is 49.2 Å². The normalized spacial score (nSPS) is 22.6. The van der Waals surface area contributed by atoms with Gasteiger partial charge in [0.25, 0.3) is 10.0 Å². The standard InChI is InChI=1S/C29H32N2O7S/c1-18(19-7-4-3-5-8-19)30-28(33)16-22-15-25-24-13-20(11-12-26(24)38-29(25)27(17-32)37-22)31-39(34,35)23-10-6-9-21(14-23)36-2/h3-14,18,22,25,27,29,31-32H,15-17H2,1-2H3,(H,30,33)/t18-,22+,25+,27-,29-/m0/s1. The maximum atomic E-state index is 13.0. The van der Waals surface area contributed by atoms with Crippen LogP contribution in [0.3, 0.4) is 0 Å². The van der Waals surface area contributed by atoms with E-state index in [1.54, 1.807) is 30.3 Å². The van der Waals surface area contributed by atoms with Crippen molar-refractivity contribution in [1.29, 1.82) is 0 Å². The molecule has 2 heterocycles. The third-order valence-corrected chi connectivity index (χ3v) is 8.57. The van der Waals surface area contributed by atoms with Crippen LogP contribution < -0.4 is 19.5 Å². The van der Waals surface area contributed by atoms with Gasteiger partial charge in [0.05, 0.1) is 37.2 Å². The van der Waals surface area contributed by atoms with E-state index in [4.69, 9.17) is 14.2 Å². The van der Waals surface area contributed by atoms with Crippen LogP contribution in [-0.4, -0.2) is 51.5 Å². The molecule has 0 aromatic heterocycles. The number of methoxy groups -OCH3 is 1. The topological polar surface area (TPSA) is 123 Å². The number of carbonyl (C=O) groups excluding carboxylic acids is 1. The van der Waals surface area contributed by atoms with Gasteiger partial charge in [-0.25, -0.2) is 8.42 Å². The third-order valence-electron chi connectivity index (χ3n) is 7.19. The molecule has 3 aromatic carbocycles. The fourth-order valence-electron chi connectivity index (χ4n) is 5.27. The summed E-state index contributed by atoms with van der Waals surface area (Å²) in [6.45, 7) is 1.67. The molecule has 5 atom stereocenters. The van der Waals surface area contributed by atoms with Crippen LogP contribution in [0.15, 0.2) is 77.7 Å². The number of hydrogen-bond acceptors (Lipinski definition) is 7. The molecular formula is C29H32N2O7S. The summed E-state index contributed by atoms with van der Waals surface area (Å²) < 4.78 is 46.0. The van der Waals surface area contributed by atoms with Crippen LogP contribution in [0, 0.1) is 0 Å². The Morgan fingerprint density at radius 2 is 1.90 bits per heavy atom. The van der Waals surface area contributed by atoms with Gasteiger partial charge in [-0.3, -0.25) is 9.52 Å². The molecule has 1 saturated heterocycles. The molecular weight excluding hydrogens is 520 g/mol. The van der Waals surface area contributed by atoms with Crippen LogP contribution >= 0.6 is 0 Å². The molecule has 5 rings (SSSR count). The first-order chi connectivity index (χ1) is 18.8. The maximum absolute atomic E-state index is 13.0. The Balaban J connectivity index is 1.31. The van der Waals surface area contributed by atoms with Crippen molar-refractivity contribution in [3.8, 4) is 11.5 Å². The van der Waals surface area contributed by atoms with Crippen LogP contribution in [0.1, 0.15) is 42.9 Å². The van der Waals surface area contributed by atoms with Crippen LogP contribution in [-0.2, 0) is 19.6 Å². The number of carbonyl (C=O) groups is 1. The van der Waals surface area contributed by atoms with E-state index >= 15 is 0 Å². The number of rotatable bonds is 9. The lowest BCUT2D eigenvalue weighted by molar-refractivity contribution is -0.142. The largest absolute Gasteiger partial charge is 0.497 e. The highest BCUT2D eigenvalue weighted by atomic mass is 32.2. The number of sulfonamides is 1. The van der Waals surface area contributed by atoms with Crippen molar-refractivity contribution >= 4 is 21.6 Å². The number of anilines is 1. The average molecular weight is 553 g/mol. The minimum absolute atomic E-state index is 0.0821. The Morgan fingerprint density at radius 1 is 1.10 bits per heavy atom. The van der Waals surface area contributed by atoms with Crippen molar-refractivity contribution in [3.63, 3.8) is 0 Å². The first kappa shape index (κ1) is 27.0. The maximum Gasteiger partial charge on any atom is 0.262 e. The van der Waals surface area contributed by atoms with E-state index < -0.39 is 28.3 Å². The lowest BCUT2D eigenvalue weighted by Gasteiger charge is -2.37. The van der Waals surface area contributed by atoms with Gasteiger partial charge in [-0.15, -0.1) is 0 Å². The summed E-state index contributed by atoms with van der Waals surface area (Å²) in [7, 11) is -2.38. The van der Waals surface area contributed by atoms with Gasteiger partial charge in [0.15, 0.2) is 0 Å². The molecule has 10 heteroatoms. The number of fused-ring (bicyclic) bond motifs is 3. The molecule has 1 amide bonds. The summed E-state index contributed by atoms with van der Waals surface area (Å²) in [6.07, 6.45) is -0.852. The average Bonchev–Trinajstić information content (AvgIpc) is 3.30. The number of nitrogens with one attached hydrogen (secondary N) is 2. The number of aliphatic hydroxyl groups is 1. The number of ether oxygens (including phenoxy) is 3. The molecule has 0 spiro atoms. The molecule has 0 aliphatic carbocycles. The van der Waals surface area contributed by atoms with Crippen molar-refractivity contribution in [2.24, 2.45) is 0 Å². The van der Waals surface area contributed by atoms with E-state index in [1.807, 2.05) is 37.3 Å². The van der Waals surface area contributed by atoms with Crippen molar-refractivity contribution < 1.29 is 32.5 Å². The SMILES string of the molecule is COc1cccc(S(=O)(=O)Nc2ccc3c(c2)[C@H]2C[C@H](CC(=O)N[C@@H](C)c4ccccc4)O[C@@H](CO)[C@H]2O3)c1. The number of hydrogen-bond donors (Lipinski definition) is 3. The number of amides is 1. The summed E-state index contributed by atoms with van der Waals surface area (Å²) in [6, 6.07) is 20.9. The fourth-order valence-corrected chi connectivity index (χ4v) is 6.35. The Bertz CT molecular complexity index is 1430. The predicted molar refractivity (Wildman–Crippen MR) is 145 cm³/mol. The number of aliphatic hydroxyl groups excluding tert-OH is 1. The highest BCUT2D eigenvalue weighted by Crippen LogP contribution is 2.47. The van der Waals surface area contributed by atoms with E-state index in [-0.39, 0.29) is 35.8 Å². The van der Waals surface area contributed by atoms with Gasteiger partial charge in [0.1, 0.15) is 23.7 Å². The highest BCUT2D eigenvalue weighted by Gasteiger charge is 2.46. The quantitative estimate of drug-likeness (QED) is 0.369. The van der Waals surface area contributed by atoms with E-state index in [2.05, 4.69) is 10.0 Å². The van der Waals surface area contributed by atoms with E-state index in [1.165, 1.54) is 19.2 Å². The third kappa shape index (κ3) is 5.88. The van der Waals surface area contributed by atoms with Gasteiger partial charge in [0, 0.05) is 23.2 Å². The first-order valence-electron chi connectivity index (χ1n) is 12.9. The molecule has 1 fully saturated rings. The van der Waals surface area contributed by atoms with Gasteiger partial charge < -0.3 is 24.6 Å². The molecule has 39 heavy (non-hydrogen) atoms. The number of benzene rings is 3. The Hall–Kier alpha value is -3.60. The summed E-state index contributed by atoms with van der Waals surface area (Å²) in [5, 5.41) is 13.0. The lowest BCUT2D eigenvalue weighted by Crippen LogP contribution is -2.47. The van der Waals surface area contributed by atoms with Crippen LogP contribution in [0.5, 0.6) is 11.5 Å². The second-order valence-corrected chi connectivity index (χ2v) is 11.5. The molecule has 206 valence electrons. The van der Waals surface area contributed by atoms with Crippen molar-refractivity contribution in [2.45, 2.75) is 54.9 Å². The van der Waals surface area contributed by atoms with Gasteiger partial charge in [0.2, 0.25) is 5.91 Å². The summed E-state index contributed by atoms with van der Waals surface area (Å²) in [4.78, 5) is 12.9. The minimum atomic E-state index is -3.86.